The molecule has 20 heavy (non-hydrogen) atoms. The highest BCUT2D eigenvalue weighted by molar-refractivity contribution is 5.55. The molecule has 0 bridgehead atoms. The fourth-order valence-electron chi connectivity index (χ4n) is 2.28. The van der Waals surface area contributed by atoms with Gasteiger partial charge in [0.05, 0.1) is 13.7 Å². The molecule has 0 radical (unpaired) electrons. The number of hydrogen-bond acceptors (Lipinski definition) is 5. The zero-order chi connectivity index (χ0) is 13.9. The highest BCUT2D eigenvalue weighted by Crippen LogP contribution is 2.41. The Hall–Kier alpha value is -2.21. The van der Waals surface area contributed by atoms with Crippen molar-refractivity contribution in [2.75, 3.05) is 21.0 Å². The number of nitrogens with one attached hydrogen (secondary N) is 1. The van der Waals surface area contributed by atoms with Crippen LogP contribution in [0.3, 0.4) is 0 Å². The first-order valence-corrected chi connectivity index (χ1v) is 6.39. The van der Waals surface area contributed by atoms with Crippen LogP contribution >= 0.6 is 0 Å². The lowest BCUT2D eigenvalue weighted by atomic mass is 10.1. The number of imidazole rings is 1. The van der Waals surface area contributed by atoms with Crippen LogP contribution in [0.15, 0.2) is 24.5 Å². The smallest absolute Gasteiger partial charge is 0.231 e. The van der Waals surface area contributed by atoms with Gasteiger partial charge < -0.3 is 19.2 Å². The van der Waals surface area contributed by atoms with Crippen molar-refractivity contribution in [2.24, 2.45) is 0 Å². The summed E-state index contributed by atoms with van der Waals surface area (Å²) in [5.74, 6) is 3.08. The maximum absolute atomic E-state index is 5.43. The predicted octanol–water partition coefficient (Wildman–Crippen LogP) is 1.78. The molecule has 1 aliphatic heterocycles. The summed E-state index contributed by atoms with van der Waals surface area (Å²) in [7, 11) is 3.67. The van der Waals surface area contributed by atoms with Gasteiger partial charge in [-0.3, -0.25) is 4.90 Å². The lowest BCUT2D eigenvalue weighted by Gasteiger charge is -2.16. The number of ether oxygens (including phenoxy) is 3. The van der Waals surface area contributed by atoms with Crippen molar-refractivity contribution >= 4 is 0 Å². The predicted molar refractivity (Wildman–Crippen MR) is 72.9 cm³/mol. The SMILES string of the molecule is COc1cc(CN(C)Cc2ncc[nH]2)cc2c1OCO2. The zero-order valence-corrected chi connectivity index (χ0v) is 11.5. The Morgan fingerprint density at radius 3 is 3.00 bits per heavy atom. The molecular weight excluding hydrogens is 258 g/mol. The number of H-pyrrole nitrogens is 1. The summed E-state index contributed by atoms with van der Waals surface area (Å²) < 4.78 is 16.2. The summed E-state index contributed by atoms with van der Waals surface area (Å²) in [6.45, 7) is 1.77. The Bertz CT molecular complexity index is 584. The summed E-state index contributed by atoms with van der Waals surface area (Å²) in [6, 6.07) is 3.97. The van der Waals surface area contributed by atoms with Gasteiger partial charge in [0.2, 0.25) is 12.5 Å². The van der Waals surface area contributed by atoms with E-state index in [-0.39, 0.29) is 6.79 Å². The van der Waals surface area contributed by atoms with Crippen LogP contribution in [-0.2, 0) is 13.1 Å². The number of rotatable bonds is 5. The number of aromatic nitrogens is 2. The quantitative estimate of drug-likeness (QED) is 0.901. The average molecular weight is 275 g/mol. The van der Waals surface area contributed by atoms with Crippen molar-refractivity contribution in [3.05, 3.63) is 35.9 Å². The van der Waals surface area contributed by atoms with E-state index in [2.05, 4.69) is 14.9 Å². The number of fused-ring (bicyclic) bond motifs is 1. The van der Waals surface area contributed by atoms with Crippen molar-refractivity contribution in [3.8, 4) is 17.2 Å². The van der Waals surface area contributed by atoms with E-state index in [1.165, 1.54) is 0 Å². The lowest BCUT2D eigenvalue weighted by molar-refractivity contribution is 0.171. The third-order valence-corrected chi connectivity index (χ3v) is 3.15. The van der Waals surface area contributed by atoms with Crippen LogP contribution < -0.4 is 14.2 Å². The van der Waals surface area contributed by atoms with Crippen molar-refractivity contribution in [3.63, 3.8) is 0 Å². The van der Waals surface area contributed by atoms with Crippen LogP contribution in [0, 0.1) is 0 Å². The maximum atomic E-state index is 5.43. The number of hydrogen-bond donors (Lipinski definition) is 1. The molecule has 3 rings (SSSR count). The summed E-state index contributed by atoms with van der Waals surface area (Å²) in [4.78, 5) is 9.48. The molecule has 0 saturated carbocycles. The first kappa shape index (κ1) is 12.8. The Morgan fingerprint density at radius 1 is 1.35 bits per heavy atom. The van der Waals surface area contributed by atoms with E-state index in [0.29, 0.717) is 11.5 Å². The van der Waals surface area contributed by atoms with E-state index in [0.717, 1.165) is 30.2 Å². The third kappa shape index (κ3) is 2.55. The van der Waals surface area contributed by atoms with E-state index in [9.17, 15) is 0 Å². The van der Waals surface area contributed by atoms with Crippen LogP contribution in [0.25, 0.3) is 0 Å². The minimum atomic E-state index is 0.247. The highest BCUT2D eigenvalue weighted by atomic mass is 16.7. The Morgan fingerprint density at radius 2 is 2.25 bits per heavy atom. The van der Waals surface area contributed by atoms with Gasteiger partial charge in [0, 0.05) is 18.9 Å². The topological polar surface area (TPSA) is 59.6 Å². The molecule has 0 saturated heterocycles. The molecule has 6 nitrogen and oxygen atoms in total. The molecule has 1 aliphatic rings. The van der Waals surface area contributed by atoms with Crippen LogP contribution in [0.2, 0.25) is 0 Å². The van der Waals surface area contributed by atoms with Crippen LogP contribution in [0.5, 0.6) is 17.2 Å². The van der Waals surface area contributed by atoms with E-state index in [1.807, 2.05) is 25.4 Å². The van der Waals surface area contributed by atoms with Gasteiger partial charge in [-0.2, -0.15) is 0 Å². The summed E-state index contributed by atoms with van der Waals surface area (Å²) in [5.41, 5.74) is 1.11. The van der Waals surface area contributed by atoms with Gasteiger partial charge in [0.15, 0.2) is 11.5 Å². The van der Waals surface area contributed by atoms with Crippen molar-refractivity contribution in [1.29, 1.82) is 0 Å². The first-order chi connectivity index (χ1) is 9.76. The van der Waals surface area contributed by atoms with Crippen LogP contribution in [0.1, 0.15) is 11.4 Å². The highest BCUT2D eigenvalue weighted by Gasteiger charge is 2.20. The summed E-state index contributed by atoms with van der Waals surface area (Å²) >= 11 is 0. The van der Waals surface area contributed by atoms with Gasteiger partial charge in [-0.25, -0.2) is 4.98 Å². The second-order valence-electron chi connectivity index (χ2n) is 4.74. The molecule has 0 amide bonds. The third-order valence-electron chi connectivity index (χ3n) is 3.15. The Balaban J connectivity index is 1.74. The Labute approximate surface area is 117 Å². The molecule has 0 fully saturated rings. The molecule has 0 unspecified atom stereocenters. The fraction of sp³-hybridized carbons (Fsp3) is 0.357. The number of methoxy groups -OCH3 is 1. The van der Waals surface area contributed by atoms with E-state index in [4.69, 9.17) is 14.2 Å². The van der Waals surface area contributed by atoms with E-state index >= 15 is 0 Å². The average Bonchev–Trinajstić information content (AvgIpc) is 3.08. The molecule has 106 valence electrons. The minimum absolute atomic E-state index is 0.247. The number of nitrogens with zero attached hydrogens (tertiary/aromatic N) is 2. The molecule has 2 aromatic rings. The summed E-state index contributed by atoms with van der Waals surface area (Å²) in [6.07, 6.45) is 3.58. The zero-order valence-electron chi connectivity index (χ0n) is 11.5. The van der Waals surface area contributed by atoms with Gasteiger partial charge in [0.25, 0.3) is 0 Å². The first-order valence-electron chi connectivity index (χ1n) is 6.39. The molecule has 0 atom stereocenters. The molecule has 1 N–H and O–H groups in total. The van der Waals surface area contributed by atoms with Gasteiger partial charge in [0.1, 0.15) is 5.82 Å². The molecule has 1 aromatic carbocycles. The van der Waals surface area contributed by atoms with Crippen LogP contribution in [-0.4, -0.2) is 35.8 Å². The number of benzene rings is 1. The molecule has 2 heterocycles. The van der Waals surface area contributed by atoms with Crippen molar-refractivity contribution in [1.82, 2.24) is 14.9 Å². The molecular formula is C14H17N3O3. The monoisotopic (exact) mass is 275 g/mol. The Kier molecular flexibility index (Phi) is 3.47. The minimum Gasteiger partial charge on any atom is -0.493 e. The van der Waals surface area contributed by atoms with Gasteiger partial charge in [-0.15, -0.1) is 0 Å². The normalized spacial score (nSPS) is 12.9. The standard InChI is InChI=1S/C14H17N3O3/c1-17(8-13-15-3-4-16-13)7-10-5-11(18-2)14-12(6-10)19-9-20-14/h3-6H,7-9H2,1-2H3,(H,15,16). The molecule has 0 aliphatic carbocycles. The molecule has 0 spiro atoms. The largest absolute Gasteiger partial charge is 0.493 e. The van der Waals surface area contributed by atoms with E-state index < -0.39 is 0 Å². The fourth-order valence-corrected chi connectivity index (χ4v) is 2.28. The molecule has 6 heteroatoms. The molecule has 1 aromatic heterocycles. The van der Waals surface area contributed by atoms with Crippen LogP contribution in [0.4, 0.5) is 0 Å². The van der Waals surface area contributed by atoms with Gasteiger partial charge in [-0.1, -0.05) is 0 Å². The van der Waals surface area contributed by atoms with Crippen molar-refractivity contribution < 1.29 is 14.2 Å². The van der Waals surface area contributed by atoms with Crippen molar-refractivity contribution in [2.45, 2.75) is 13.1 Å². The second kappa shape index (κ2) is 5.42. The maximum Gasteiger partial charge on any atom is 0.231 e. The second-order valence-corrected chi connectivity index (χ2v) is 4.74. The number of aromatic amines is 1. The van der Waals surface area contributed by atoms with Gasteiger partial charge in [-0.05, 0) is 24.7 Å². The van der Waals surface area contributed by atoms with E-state index in [1.54, 1.807) is 13.3 Å². The summed E-state index contributed by atoms with van der Waals surface area (Å²) in [5, 5.41) is 0. The van der Waals surface area contributed by atoms with Gasteiger partial charge >= 0.3 is 0 Å². The lowest BCUT2D eigenvalue weighted by Crippen LogP contribution is -2.18.